The number of piperidine rings is 1. The van der Waals surface area contributed by atoms with Gasteiger partial charge in [0.25, 0.3) is 0 Å². The predicted octanol–water partition coefficient (Wildman–Crippen LogP) is 0.929. The zero-order valence-corrected chi connectivity index (χ0v) is 16.8. The van der Waals surface area contributed by atoms with E-state index in [0.717, 1.165) is 90.7 Å². The molecule has 0 saturated carbocycles. The van der Waals surface area contributed by atoms with Gasteiger partial charge in [-0.2, -0.15) is 0 Å². The van der Waals surface area contributed by atoms with Crippen molar-refractivity contribution in [2.24, 2.45) is 4.99 Å². The minimum atomic E-state index is 0.301. The topological polar surface area (TPSA) is 60.4 Å². The van der Waals surface area contributed by atoms with E-state index in [-0.39, 0.29) is 0 Å². The van der Waals surface area contributed by atoms with Crippen molar-refractivity contribution in [3.63, 3.8) is 0 Å². The normalized spacial score (nSPS) is 22.6. The SMILES string of the molecule is CN=C(NCCC1=CCOCC1)N1CCN(CC(=O)N2CCCCC2)CC1. The Balaban J connectivity index is 1.36. The molecule has 0 radical (unpaired) electrons. The van der Waals surface area contributed by atoms with Crippen LogP contribution in [0, 0.1) is 0 Å². The van der Waals surface area contributed by atoms with E-state index in [1.807, 2.05) is 11.9 Å². The first-order valence-corrected chi connectivity index (χ1v) is 10.5. The molecule has 0 bridgehead atoms. The molecule has 27 heavy (non-hydrogen) atoms. The third-order valence-corrected chi connectivity index (χ3v) is 5.74. The van der Waals surface area contributed by atoms with Crippen LogP contribution in [0.5, 0.6) is 0 Å². The molecule has 152 valence electrons. The number of carbonyl (C=O) groups excluding carboxylic acids is 1. The number of hydrogen-bond acceptors (Lipinski definition) is 4. The summed E-state index contributed by atoms with van der Waals surface area (Å²) < 4.78 is 5.36. The van der Waals surface area contributed by atoms with E-state index >= 15 is 0 Å². The number of carbonyl (C=O) groups is 1. The van der Waals surface area contributed by atoms with E-state index in [1.54, 1.807) is 0 Å². The zero-order valence-electron chi connectivity index (χ0n) is 16.8. The first-order chi connectivity index (χ1) is 13.3. The number of rotatable bonds is 5. The highest BCUT2D eigenvalue weighted by Crippen LogP contribution is 2.12. The molecule has 0 aromatic rings. The molecule has 7 heteroatoms. The van der Waals surface area contributed by atoms with Crippen LogP contribution in [0.2, 0.25) is 0 Å². The highest BCUT2D eigenvalue weighted by Gasteiger charge is 2.24. The molecule has 0 spiro atoms. The van der Waals surface area contributed by atoms with Gasteiger partial charge in [-0.1, -0.05) is 11.6 Å². The van der Waals surface area contributed by atoms with Crippen LogP contribution >= 0.6 is 0 Å². The molecule has 0 atom stereocenters. The van der Waals surface area contributed by atoms with E-state index in [4.69, 9.17) is 4.74 Å². The van der Waals surface area contributed by atoms with Crippen molar-refractivity contribution in [2.75, 3.05) is 72.6 Å². The molecule has 0 aromatic heterocycles. The van der Waals surface area contributed by atoms with Gasteiger partial charge in [0.2, 0.25) is 5.91 Å². The number of likely N-dealkylation sites (tertiary alicyclic amines) is 1. The minimum absolute atomic E-state index is 0.301. The molecule has 3 heterocycles. The van der Waals surface area contributed by atoms with Gasteiger partial charge in [0.15, 0.2) is 5.96 Å². The molecule has 0 aliphatic carbocycles. The Morgan fingerprint density at radius 3 is 2.56 bits per heavy atom. The maximum absolute atomic E-state index is 12.4. The third kappa shape index (κ3) is 6.21. The second-order valence-corrected chi connectivity index (χ2v) is 7.62. The fourth-order valence-corrected chi connectivity index (χ4v) is 4.01. The Labute approximate surface area is 163 Å². The van der Waals surface area contributed by atoms with Gasteiger partial charge >= 0.3 is 0 Å². The van der Waals surface area contributed by atoms with Gasteiger partial charge in [-0.3, -0.25) is 14.7 Å². The zero-order chi connectivity index (χ0) is 18.9. The summed E-state index contributed by atoms with van der Waals surface area (Å²) in [6.07, 6.45) is 7.87. The standard InChI is InChI=1S/C20H35N5O2/c1-21-20(22-8-5-18-6-15-27-16-7-18)25-13-11-23(12-14-25)17-19(26)24-9-3-2-4-10-24/h6H,2-5,7-17H2,1H3,(H,21,22). The number of aliphatic imine (C=N–C) groups is 1. The van der Waals surface area contributed by atoms with Crippen LogP contribution in [0.15, 0.2) is 16.6 Å². The molecule has 2 fully saturated rings. The summed E-state index contributed by atoms with van der Waals surface area (Å²) in [5.74, 6) is 1.28. The Morgan fingerprint density at radius 1 is 1.11 bits per heavy atom. The number of piperazine rings is 1. The second kappa shape index (κ2) is 10.7. The van der Waals surface area contributed by atoms with E-state index in [0.29, 0.717) is 12.5 Å². The number of guanidine groups is 1. The van der Waals surface area contributed by atoms with E-state index in [9.17, 15) is 4.79 Å². The summed E-state index contributed by atoms with van der Waals surface area (Å²) in [6.45, 7) is 8.64. The summed E-state index contributed by atoms with van der Waals surface area (Å²) in [6, 6.07) is 0. The largest absolute Gasteiger partial charge is 0.377 e. The quantitative estimate of drug-likeness (QED) is 0.439. The molecule has 3 aliphatic heterocycles. The number of nitrogens with zero attached hydrogens (tertiary/aromatic N) is 4. The highest BCUT2D eigenvalue weighted by molar-refractivity contribution is 5.80. The van der Waals surface area contributed by atoms with Crippen molar-refractivity contribution in [3.05, 3.63) is 11.6 Å². The Bertz CT molecular complexity index is 534. The van der Waals surface area contributed by atoms with Gasteiger partial charge in [0.05, 0.1) is 19.8 Å². The lowest BCUT2D eigenvalue weighted by Crippen LogP contribution is -2.54. The Morgan fingerprint density at radius 2 is 1.89 bits per heavy atom. The minimum Gasteiger partial charge on any atom is -0.377 e. The average molecular weight is 378 g/mol. The van der Waals surface area contributed by atoms with Crippen LogP contribution in [-0.2, 0) is 9.53 Å². The van der Waals surface area contributed by atoms with Crippen molar-refractivity contribution in [1.82, 2.24) is 20.0 Å². The molecular weight excluding hydrogens is 342 g/mol. The molecule has 0 aromatic carbocycles. The lowest BCUT2D eigenvalue weighted by molar-refractivity contribution is -0.133. The molecule has 1 amide bonds. The van der Waals surface area contributed by atoms with Gasteiger partial charge in [-0.25, -0.2) is 0 Å². The maximum Gasteiger partial charge on any atom is 0.236 e. The average Bonchev–Trinajstić information content (AvgIpc) is 2.73. The number of hydrogen-bond donors (Lipinski definition) is 1. The van der Waals surface area contributed by atoms with Crippen LogP contribution in [0.3, 0.4) is 0 Å². The van der Waals surface area contributed by atoms with E-state index in [1.165, 1.54) is 12.0 Å². The first-order valence-electron chi connectivity index (χ1n) is 10.5. The lowest BCUT2D eigenvalue weighted by atomic mass is 10.1. The molecule has 0 unspecified atom stereocenters. The Hall–Kier alpha value is -1.60. The van der Waals surface area contributed by atoms with Crippen molar-refractivity contribution < 1.29 is 9.53 Å². The fraction of sp³-hybridized carbons (Fsp3) is 0.800. The lowest BCUT2D eigenvalue weighted by Gasteiger charge is -2.37. The van der Waals surface area contributed by atoms with Crippen molar-refractivity contribution >= 4 is 11.9 Å². The van der Waals surface area contributed by atoms with Crippen molar-refractivity contribution in [1.29, 1.82) is 0 Å². The predicted molar refractivity (Wildman–Crippen MR) is 108 cm³/mol. The molecular formula is C20H35N5O2. The molecule has 2 saturated heterocycles. The summed E-state index contributed by atoms with van der Waals surface area (Å²) in [5.41, 5.74) is 1.48. The Kier molecular flexibility index (Phi) is 7.95. The van der Waals surface area contributed by atoms with Crippen LogP contribution in [0.25, 0.3) is 0 Å². The molecule has 7 nitrogen and oxygen atoms in total. The summed E-state index contributed by atoms with van der Waals surface area (Å²) in [4.78, 5) is 23.5. The highest BCUT2D eigenvalue weighted by atomic mass is 16.5. The molecule has 1 N–H and O–H groups in total. The number of nitrogens with one attached hydrogen (secondary N) is 1. The van der Waals surface area contributed by atoms with Gasteiger partial charge in [-0.15, -0.1) is 0 Å². The van der Waals surface area contributed by atoms with Gasteiger partial charge in [0, 0.05) is 52.9 Å². The van der Waals surface area contributed by atoms with Gasteiger partial charge in [0.1, 0.15) is 0 Å². The summed E-state index contributed by atoms with van der Waals surface area (Å²) >= 11 is 0. The van der Waals surface area contributed by atoms with Gasteiger partial charge < -0.3 is 19.9 Å². The summed E-state index contributed by atoms with van der Waals surface area (Å²) in [5, 5.41) is 3.49. The fourth-order valence-electron chi connectivity index (χ4n) is 4.01. The van der Waals surface area contributed by atoms with Crippen LogP contribution in [0.4, 0.5) is 0 Å². The summed E-state index contributed by atoms with van der Waals surface area (Å²) in [7, 11) is 1.85. The van der Waals surface area contributed by atoms with Gasteiger partial charge in [-0.05, 0) is 32.1 Å². The van der Waals surface area contributed by atoms with Crippen LogP contribution in [-0.4, -0.2) is 99.2 Å². The third-order valence-electron chi connectivity index (χ3n) is 5.74. The van der Waals surface area contributed by atoms with Crippen molar-refractivity contribution in [3.8, 4) is 0 Å². The van der Waals surface area contributed by atoms with Crippen LogP contribution in [0.1, 0.15) is 32.1 Å². The number of amides is 1. The first kappa shape index (κ1) is 20.1. The maximum atomic E-state index is 12.4. The molecule has 3 aliphatic rings. The van der Waals surface area contributed by atoms with Crippen LogP contribution < -0.4 is 5.32 Å². The second-order valence-electron chi connectivity index (χ2n) is 7.62. The monoisotopic (exact) mass is 377 g/mol. The van der Waals surface area contributed by atoms with E-state index < -0.39 is 0 Å². The number of ether oxygens (including phenoxy) is 1. The van der Waals surface area contributed by atoms with Crippen molar-refractivity contribution in [2.45, 2.75) is 32.1 Å². The molecule has 3 rings (SSSR count). The van der Waals surface area contributed by atoms with E-state index in [2.05, 4.69) is 26.2 Å². The smallest absolute Gasteiger partial charge is 0.236 e.